The third kappa shape index (κ3) is 8.49. The molecule has 0 aromatic heterocycles. The number of amides is 2. The number of unbranched alkanes of at least 4 members (excludes halogenated alkanes) is 1. The lowest BCUT2D eigenvalue weighted by molar-refractivity contribution is -0.142. The van der Waals surface area contributed by atoms with E-state index in [-0.39, 0.29) is 18.1 Å². The molecule has 1 aromatic rings. The summed E-state index contributed by atoms with van der Waals surface area (Å²) in [5.41, 5.74) is 11.9. The van der Waals surface area contributed by atoms with Crippen molar-refractivity contribution >= 4 is 17.8 Å². The minimum absolute atomic E-state index is 0.0404. The number of aliphatic carboxylic acids is 1. The molecule has 0 heterocycles. The molecule has 0 unspecified atom stereocenters. The van der Waals surface area contributed by atoms with Crippen LogP contribution in [0.3, 0.4) is 0 Å². The van der Waals surface area contributed by atoms with Gasteiger partial charge in [0.25, 0.3) is 0 Å². The van der Waals surface area contributed by atoms with E-state index in [2.05, 4.69) is 10.6 Å². The van der Waals surface area contributed by atoms with E-state index < -0.39 is 35.9 Å². The van der Waals surface area contributed by atoms with Crippen molar-refractivity contribution in [3.63, 3.8) is 0 Å². The number of carboxylic acid groups (broad SMARTS) is 1. The minimum Gasteiger partial charge on any atom is -0.508 e. The molecule has 0 bridgehead atoms. The van der Waals surface area contributed by atoms with Crippen molar-refractivity contribution in [2.24, 2.45) is 17.4 Å². The van der Waals surface area contributed by atoms with Crippen molar-refractivity contribution in [3.05, 3.63) is 29.8 Å². The predicted octanol–water partition coefficient (Wildman–Crippen LogP) is 0.101. The molecule has 0 aliphatic rings. The van der Waals surface area contributed by atoms with Gasteiger partial charge in [0.05, 0.1) is 6.04 Å². The van der Waals surface area contributed by atoms with Crippen LogP contribution in [0.25, 0.3) is 0 Å². The smallest absolute Gasteiger partial charge is 0.326 e. The molecule has 8 N–H and O–H groups in total. The van der Waals surface area contributed by atoms with Crippen LogP contribution in [0.1, 0.15) is 38.7 Å². The van der Waals surface area contributed by atoms with Gasteiger partial charge in [0.2, 0.25) is 11.8 Å². The second-order valence-electron chi connectivity index (χ2n) is 7.39. The molecular weight excluding hydrogens is 376 g/mol. The van der Waals surface area contributed by atoms with Gasteiger partial charge in [0.15, 0.2) is 0 Å². The average molecular weight is 408 g/mol. The normalized spacial score (nSPS) is 14.1. The first-order chi connectivity index (χ1) is 13.6. The summed E-state index contributed by atoms with van der Waals surface area (Å²) >= 11 is 0. The van der Waals surface area contributed by atoms with Gasteiger partial charge in [-0.25, -0.2) is 4.79 Å². The number of hydrogen-bond donors (Lipinski definition) is 6. The zero-order chi connectivity index (χ0) is 22.0. The number of nitrogens with two attached hydrogens (primary N) is 2. The fourth-order valence-corrected chi connectivity index (χ4v) is 2.76. The topological polar surface area (TPSA) is 168 Å². The molecule has 9 heteroatoms. The van der Waals surface area contributed by atoms with E-state index in [0.717, 1.165) is 6.42 Å². The van der Waals surface area contributed by atoms with Crippen LogP contribution in [-0.4, -0.2) is 52.7 Å². The summed E-state index contributed by atoms with van der Waals surface area (Å²) in [4.78, 5) is 36.6. The van der Waals surface area contributed by atoms with Crippen molar-refractivity contribution in [2.75, 3.05) is 6.54 Å². The highest BCUT2D eigenvalue weighted by Crippen LogP contribution is 2.12. The third-order valence-electron chi connectivity index (χ3n) is 4.54. The minimum atomic E-state index is -1.20. The lowest BCUT2D eigenvalue weighted by atomic mass is 10.0. The maximum atomic E-state index is 12.7. The zero-order valence-corrected chi connectivity index (χ0v) is 16.9. The number of aromatic hydroxyl groups is 1. The molecule has 29 heavy (non-hydrogen) atoms. The van der Waals surface area contributed by atoms with Crippen LogP contribution in [0.15, 0.2) is 24.3 Å². The summed E-state index contributed by atoms with van der Waals surface area (Å²) in [6.45, 7) is 4.02. The number of rotatable bonds is 12. The second-order valence-corrected chi connectivity index (χ2v) is 7.39. The first kappa shape index (κ1) is 24.4. The van der Waals surface area contributed by atoms with Crippen LogP contribution in [0.5, 0.6) is 5.75 Å². The van der Waals surface area contributed by atoms with Crippen LogP contribution in [0, 0.1) is 5.92 Å². The molecule has 0 aliphatic carbocycles. The number of phenols is 1. The number of carboxylic acids is 1. The summed E-state index contributed by atoms with van der Waals surface area (Å²) in [5.74, 6) is -2.44. The Hall–Kier alpha value is -2.65. The Morgan fingerprint density at radius 3 is 2.17 bits per heavy atom. The monoisotopic (exact) mass is 408 g/mol. The number of carbonyl (C=O) groups excluding carboxylic acids is 2. The second kappa shape index (κ2) is 12.0. The Kier molecular flexibility index (Phi) is 10.1. The lowest BCUT2D eigenvalue weighted by Crippen LogP contribution is -2.56. The summed E-state index contributed by atoms with van der Waals surface area (Å²) in [6.07, 6.45) is 1.96. The molecule has 9 nitrogen and oxygen atoms in total. The predicted molar refractivity (Wildman–Crippen MR) is 109 cm³/mol. The molecule has 0 saturated carbocycles. The largest absolute Gasteiger partial charge is 0.508 e. The van der Waals surface area contributed by atoms with Gasteiger partial charge < -0.3 is 32.3 Å². The van der Waals surface area contributed by atoms with E-state index in [1.165, 1.54) is 12.1 Å². The van der Waals surface area contributed by atoms with Gasteiger partial charge >= 0.3 is 5.97 Å². The first-order valence-corrected chi connectivity index (χ1v) is 9.72. The number of benzene rings is 1. The van der Waals surface area contributed by atoms with Gasteiger partial charge in [-0.15, -0.1) is 0 Å². The third-order valence-corrected chi connectivity index (χ3v) is 4.54. The Morgan fingerprint density at radius 1 is 1.03 bits per heavy atom. The van der Waals surface area contributed by atoms with Gasteiger partial charge in [-0.05, 0) is 43.0 Å². The summed E-state index contributed by atoms with van der Waals surface area (Å²) in [6, 6.07) is 3.20. The molecule has 0 saturated heterocycles. The van der Waals surface area contributed by atoms with Crippen molar-refractivity contribution in [1.82, 2.24) is 10.6 Å². The fraction of sp³-hybridized carbons (Fsp3) is 0.550. The molecule has 2 amide bonds. The molecule has 0 spiro atoms. The van der Waals surface area contributed by atoms with Crippen LogP contribution in [0.4, 0.5) is 0 Å². The zero-order valence-electron chi connectivity index (χ0n) is 16.9. The Labute approximate surface area is 170 Å². The lowest BCUT2D eigenvalue weighted by Gasteiger charge is -2.25. The summed E-state index contributed by atoms with van der Waals surface area (Å²) in [7, 11) is 0. The van der Waals surface area contributed by atoms with Gasteiger partial charge in [0.1, 0.15) is 17.8 Å². The van der Waals surface area contributed by atoms with E-state index in [9.17, 15) is 24.6 Å². The average Bonchev–Trinajstić information content (AvgIpc) is 2.66. The molecule has 0 aliphatic heterocycles. The fourth-order valence-electron chi connectivity index (χ4n) is 2.76. The van der Waals surface area contributed by atoms with E-state index >= 15 is 0 Å². The Balaban J connectivity index is 2.76. The van der Waals surface area contributed by atoms with E-state index in [4.69, 9.17) is 11.5 Å². The molecular formula is C20H32N4O5. The van der Waals surface area contributed by atoms with Crippen molar-refractivity contribution in [1.29, 1.82) is 0 Å². The number of nitrogens with one attached hydrogen (secondary N) is 2. The van der Waals surface area contributed by atoms with Gasteiger partial charge in [-0.3, -0.25) is 9.59 Å². The van der Waals surface area contributed by atoms with Crippen LogP contribution in [0.2, 0.25) is 0 Å². The van der Waals surface area contributed by atoms with Crippen LogP contribution in [-0.2, 0) is 20.8 Å². The van der Waals surface area contributed by atoms with Crippen molar-refractivity contribution in [3.8, 4) is 5.75 Å². The maximum absolute atomic E-state index is 12.7. The summed E-state index contributed by atoms with van der Waals surface area (Å²) < 4.78 is 0. The summed E-state index contributed by atoms with van der Waals surface area (Å²) in [5, 5.41) is 23.9. The molecule has 3 atom stereocenters. The SMILES string of the molecule is CC(C)[C@H](NC(=O)[C@@H](N)CCCCN)C(=O)N[C@@H](Cc1ccc(O)cc1)C(=O)O. The molecule has 0 radical (unpaired) electrons. The molecule has 162 valence electrons. The van der Waals surface area contributed by atoms with E-state index in [0.29, 0.717) is 24.9 Å². The number of phenolic OH excluding ortho intramolecular Hbond substituents is 1. The Morgan fingerprint density at radius 2 is 1.66 bits per heavy atom. The van der Waals surface area contributed by atoms with Gasteiger partial charge in [-0.1, -0.05) is 32.4 Å². The van der Waals surface area contributed by atoms with Crippen molar-refractivity contribution in [2.45, 2.75) is 57.7 Å². The van der Waals surface area contributed by atoms with Gasteiger partial charge in [-0.2, -0.15) is 0 Å². The van der Waals surface area contributed by atoms with Crippen LogP contribution < -0.4 is 22.1 Å². The van der Waals surface area contributed by atoms with Gasteiger partial charge in [0, 0.05) is 6.42 Å². The quantitative estimate of drug-likeness (QED) is 0.267. The van der Waals surface area contributed by atoms with Crippen molar-refractivity contribution < 1.29 is 24.6 Å². The molecule has 0 fully saturated rings. The standard InChI is InChI=1S/C20H32N4O5/c1-12(2)17(24-18(26)15(22)5-3-4-10-21)19(27)23-16(20(28)29)11-13-6-8-14(25)9-7-13/h6-9,12,15-17,25H,3-5,10-11,21-22H2,1-2H3,(H,23,27)(H,24,26)(H,28,29)/t15-,16-,17-/m0/s1. The number of hydrogen-bond acceptors (Lipinski definition) is 6. The van der Waals surface area contributed by atoms with E-state index in [1.807, 2.05) is 0 Å². The Bertz CT molecular complexity index is 678. The molecule has 1 rings (SSSR count). The number of carbonyl (C=O) groups is 3. The molecule has 1 aromatic carbocycles. The van der Waals surface area contributed by atoms with Crippen LogP contribution >= 0.6 is 0 Å². The highest BCUT2D eigenvalue weighted by Gasteiger charge is 2.30. The highest BCUT2D eigenvalue weighted by molar-refractivity contribution is 5.92. The maximum Gasteiger partial charge on any atom is 0.326 e. The van der Waals surface area contributed by atoms with E-state index in [1.54, 1.807) is 26.0 Å². The highest BCUT2D eigenvalue weighted by atomic mass is 16.4. The first-order valence-electron chi connectivity index (χ1n) is 9.72.